The van der Waals surface area contributed by atoms with Gasteiger partial charge in [-0.2, -0.15) is 0 Å². The molecule has 2 aromatic heterocycles. The lowest BCUT2D eigenvalue weighted by Gasteiger charge is -2.08. The summed E-state index contributed by atoms with van der Waals surface area (Å²) in [7, 11) is 1.31. The number of hydrogen-bond acceptors (Lipinski definition) is 5. The molecule has 0 unspecified atom stereocenters. The lowest BCUT2D eigenvalue weighted by molar-refractivity contribution is 0.412. The van der Waals surface area contributed by atoms with Crippen molar-refractivity contribution >= 4 is 28.5 Å². The van der Waals surface area contributed by atoms with E-state index in [1.54, 1.807) is 0 Å². The van der Waals surface area contributed by atoms with Gasteiger partial charge in [-0.05, 0) is 0 Å². The molecule has 0 aliphatic heterocycles. The van der Waals surface area contributed by atoms with Crippen LogP contribution in [0.2, 0.25) is 5.15 Å². The molecule has 0 amide bonds. The molecule has 0 saturated carbocycles. The number of aromatic amines is 1. The second-order valence-electron chi connectivity index (χ2n) is 4.83. The molecule has 10 heteroatoms. The van der Waals surface area contributed by atoms with Crippen molar-refractivity contribution in [3.8, 4) is 5.75 Å². The third-order valence-electron chi connectivity index (χ3n) is 3.40. The Hall–Kier alpha value is -2.68. The SMILES string of the molecule is COc1cc(F)c(F)c2c1[nH]c(=O)n2CCNc1cc(Cl)ncn1. The number of H-pyrrole nitrogens is 1. The number of nitrogens with one attached hydrogen (secondary N) is 2. The predicted octanol–water partition coefficient (Wildman–Crippen LogP) is 2.17. The number of hydrogen-bond donors (Lipinski definition) is 2. The number of imidazole rings is 1. The lowest BCUT2D eigenvalue weighted by Crippen LogP contribution is -2.22. The fourth-order valence-electron chi connectivity index (χ4n) is 2.34. The number of fused-ring (bicyclic) bond motifs is 1. The zero-order valence-corrected chi connectivity index (χ0v) is 13.2. The van der Waals surface area contributed by atoms with Crippen LogP contribution >= 0.6 is 11.6 Å². The average molecular weight is 356 g/mol. The van der Waals surface area contributed by atoms with Gasteiger partial charge in [-0.25, -0.2) is 23.5 Å². The lowest BCUT2D eigenvalue weighted by atomic mass is 10.2. The van der Waals surface area contributed by atoms with Crippen molar-refractivity contribution in [1.82, 2.24) is 19.5 Å². The van der Waals surface area contributed by atoms with Crippen molar-refractivity contribution in [2.75, 3.05) is 19.0 Å². The van der Waals surface area contributed by atoms with E-state index in [1.165, 1.54) is 19.5 Å². The summed E-state index contributed by atoms with van der Waals surface area (Å²) in [6, 6.07) is 2.39. The molecule has 3 aromatic rings. The van der Waals surface area contributed by atoms with Crippen molar-refractivity contribution in [2.24, 2.45) is 0 Å². The molecule has 0 bridgehead atoms. The van der Waals surface area contributed by atoms with E-state index in [4.69, 9.17) is 16.3 Å². The highest BCUT2D eigenvalue weighted by molar-refractivity contribution is 6.29. The topological polar surface area (TPSA) is 84.8 Å². The molecular weight excluding hydrogens is 344 g/mol. The Morgan fingerprint density at radius 2 is 2.17 bits per heavy atom. The molecule has 7 nitrogen and oxygen atoms in total. The number of halogens is 3. The Kier molecular flexibility index (Phi) is 4.34. The summed E-state index contributed by atoms with van der Waals surface area (Å²) in [5, 5.41) is 3.18. The average Bonchev–Trinajstić information content (AvgIpc) is 2.88. The van der Waals surface area contributed by atoms with Crippen LogP contribution in [-0.2, 0) is 6.54 Å². The number of ether oxygens (including phenoxy) is 1. The number of methoxy groups -OCH3 is 1. The maximum Gasteiger partial charge on any atom is 0.326 e. The van der Waals surface area contributed by atoms with Gasteiger partial charge in [0.2, 0.25) is 0 Å². The normalized spacial score (nSPS) is 11.0. The highest BCUT2D eigenvalue weighted by atomic mass is 35.5. The largest absolute Gasteiger partial charge is 0.494 e. The van der Waals surface area contributed by atoms with Crippen LogP contribution in [0, 0.1) is 11.6 Å². The summed E-state index contributed by atoms with van der Waals surface area (Å²) in [6.45, 7) is 0.308. The maximum absolute atomic E-state index is 14.1. The minimum atomic E-state index is -1.12. The minimum absolute atomic E-state index is 0.0512. The van der Waals surface area contributed by atoms with Gasteiger partial charge < -0.3 is 15.0 Å². The highest BCUT2D eigenvalue weighted by Crippen LogP contribution is 2.27. The Morgan fingerprint density at radius 1 is 1.38 bits per heavy atom. The second kappa shape index (κ2) is 6.44. The van der Waals surface area contributed by atoms with Crippen LogP contribution in [-0.4, -0.2) is 33.2 Å². The van der Waals surface area contributed by atoms with Crippen LogP contribution in [0.5, 0.6) is 5.75 Å². The van der Waals surface area contributed by atoms with Crippen molar-refractivity contribution in [3.05, 3.63) is 45.7 Å². The number of rotatable bonds is 5. The van der Waals surface area contributed by atoms with Gasteiger partial charge in [-0.15, -0.1) is 0 Å². The fraction of sp³-hybridized carbons (Fsp3) is 0.214. The van der Waals surface area contributed by atoms with Gasteiger partial charge in [0.1, 0.15) is 34.1 Å². The molecular formula is C14H12ClF2N5O2. The zero-order valence-electron chi connectivity index (χ0n) is 12.4. The molecule has 3 rings (SSSR count). The van der Waals surface area contributed by atoms with E-state index in [9.17, 15) is 13.6 Å². The predicted molar refractivity (Wildman–Crippen MR) is 84.6 cm³/mol. The third-order valence-corrected chi connectivity index (χ3v) is 3.61. The first-order valence-corrected chi connectivity index (χ1v) is 7.25. The first kappa shape index (κ1) is 16.2. The van der Waals surface area contributed by atoms with Crippen LogP contribution in [0.15, 0.2) is 23.3 Å². The summed E-state index contributed by atoms with van der Waals surface area (Å²) in [5.41, 5.74) is -0.652. The Morgan fingerprint density at radius 3 is 2.88 bits per heavy atom. The monoisotopic (exact) mass is 355 g/mol. The van der Waals surface area contributed by atoms with Gasteiger partial charge in [0.05, 0.1) is 7.11 Å². The minimum Gasteiger partial charge on any atom is -0.494 e. The van der Waals surface area contributed by atoms with Crippen LogP contribution in [0.3, 0.4) is 0 Å². The molecule has 0 saturated heterocycles. The van der Waals surface area contributed by atoms with Crippen LogP contribution < -0.4 is 15.7 Å². The first-order valence-electron chi connectivity index (χ1n) is 6.87. The summed E-state index contributed by atoms with van der Waals surface area (Å²) < 4.78 is 33.9. The standard InChI is InChI=1S/C14H12ClF2N5O2/c1-24-8-4-7(16)11(17)13-12(8)21-14(23)22(13)3-2-18-10-5-9(15)19-6-20-10/h4-6H,2-3H2,1H3,(H,21,23)(H,18,19,20). The highest BCUT2D eigenvalue weighted by Gasteiger charge is 2.19. The molecule has 2 heterocycles. The quantitative estimate of drug-likeness (QED) is 0.685. The number of anilines is 1. The van der Waals surface area contributed by atoms with Gasteiger partial charge in [0, 0.05) is 25.2 Å². The summed E-state index contributed by atoms with van der Waals surface area (Å²) >= 11 is 5.74. The molecule has 0 aliphatic carbocycles. The summed E-state index contributed by atoms with van der Waals surface area (Å²) in [4.78, 5) is 22.2. The zero-order chi connectivity index (χ0) is 17.3. The van der Waals surface area contributed by atoms with Crippen molar-refractivity contribution < 1.29 is 13.5 Å². The van der Waals surface area contributed by atoms with E-state index in [0.29, 0.717) is 5.82 Å². The van der Waals surface area contributed by atoms with Gasteiger partial charge in [-0.1, -0.05) is 11.6 Å². The molecule has 24 heavy (non-hydrogen) atoms. The number of aromatic nitrogens is 4. The number of nitrogens with zero attached hydrogens (tertiary/aromatic N) is 3. The number of benzene rings is 1. The van der Waals surface area contributed by atoms with E-state index in [-0.39, 0.29) is 35.0 Å². The summed E-state index contributed by atoms with van der Waals surface area (Å²) in [5.74, 6) is -1.71. The maximum atomic E-state index is 14.1. The summed E-state index contributed by atoms with van der Waals surface area (Å²) in [6.07, 6.45) is 1.28. The van der Waals surface area contributed by atoms with E-state index < -0.39 is 17.3 Å². The molecule has 0 spiro atoms. The van der Waals surface area contributed by atoms with Gasteiger partial charge >= 0.3 is 5.69 Å². The van der Waals surface area contributed by atoms with Crippen molar-refractivity contribution in [2.45, 2.75) is 6.54 Å². The molecule has 1 aromatic carbocycles. The smallest absolute Gasteiger partial charge is 0.326 e. The molecule has 2 N–H and O–H groups in total. The van der Waals surface area contributed by atoms with Crippen molar-refractivity contribution in [1.29, 1.82) is 0 Å². The second-order valence-corrected chi connectivity index (χ2v) is 5.22. The van der Waals surface area contributed by atoms with E-state index >= 15 is 0 Å². The molecule has 0 atom stereocenters. The van der Waals surface area contributed by atoms with E-state index in [1.807, 2.05) is 0 Å². The Labute approximate surface area is 139 Å². The first-order chi connectivity index (χ1) is 11.5. The Bertz CT molecular complexity index is 956. The van der Waals surface area contributed by atoms with Crippen molar-refractivity contribution in [3.63, 3.8) is 0 Å². The third kappa shape index (κ3) is 2.90. The van der Waals surface area contributed by atoms with Crippen LogP contribution in [0.4, 0.5) is 14.6 Å². The van der Waals surface area contributed by atoms with Gasteiger partial charge in [0.15, 0.2) is 11.6 Å². The molecule has 0 fully saturated rings. The molecule has 126 valence electrons. The van der Waals surface area contributed by atoms with Gasteiger partial charge in [-0.3, -0.25) is 4.57 Å². The Balaban J connectivity index is 1.91. The van der Waals surface area contributed by atoms with Crippen LogP contribution in [0.1, 0.15) is 0 Å². The van der Waals surface area contributed by atoms with E-state index in [0.717, 1.165) is 10.6 Å². The fourth-order valence-corrected chi connectivity index (χ4v) is 2.49. The van der Waals surface area contributed by atoms with Crippen LogP contribution in [0.25, 0.3) is 11.0 Å². The molecule has 0 radical (unpaired) electrons. The molecule has 0 aliphatic rings. The van der Waals surface area contributed by atoms with E-state index in [2.05, 4.69) is 20.3 Å². The van der Waals surface area contributed by atoms with Gasteiger partial charge in [0.25, 0.3) is 0 Å².